The lowest BCUT2D eigenvalue weighted by molar-refractivity contribution is 0.618. The van der Waals surface area contributed by atoms with Crippen molar-refractivity contribution in [1.29, 1.82) is 0 Å². The number of hydrogen-bond donors (Lipinski definition) is 3. The van der Waals surface area contributed by atoms with Crippen molar-refractivity contribution in [1.82, 2.24) is 5.32 Å². The van der Waals surface area contributed by atoms with Crippen LogP contribution in [0.25, 0.3) is 0 Å². The van der Waals surface area contributed by atoms with Gasteiger partial charge in [-0.05, 0) is 55.3 Å². The lowest BCUT2D eigenvalue weighted by atomic mass is 10.0. The Morgan fingerprint density at radius 3 is 2.58 bits per heavy atom. The van der Waals surface area contributed by atoms with Crippen molar-refractivity contribution in [3.63, 3.8) is 0 Å². The number of para-hydroxylation sites is 1. The molecular formula is C25H28ClFN4. The quantitative estimate of drug-likeness (QED) is 0.223. The first kappa shape index (κ1) is 22.6. The first-order valence-electron chi connectivity index (χ1n) is 10.4. The van der Waals surface area contributed by atoms with Crippen LogP contribution in [0.15, 0.2) is 71.7 Å². The summed E-state index contributed by atoms with van der Waals surface area (Å²) in [5.41, 5.74) is 10.3. The summed E-state index contributed by atoms with van der Waals surface area (Å²) in [6, 6.07) is 19.7. The van der Waals surface area contributed by atoms with Gasteiger partial charge in [0.2, 0.25) is 0 Å². The van der Waals surface area contributed by atoms with E-state index in [4.69, 9.17) is 22.3 Å². The fourth-order valence-electron chi connectivity index (χ4n) is 3.31. The lowest BCUT2D eigenvalue weighted by Gasteiger charge is -2.22. The Balaban J connectivity index is 1.94. The third-order valence-corrected chi connectivity index (χ3v) is 5.35. The van der Waals surface area contributed by atoms with E-state index in [2.05, 4.69) is 17.6 Å². The topological polar surface area (TPSA) is 62.4 Å². The van der Waals surface area contributed by atoms with Crippen LogP contribution in [-0.4, -0.2) is 12.4 Å². The second-order valence-electron chi connectivity index (χ2n) is 7.37. The fraction of sp³-hybridized carbons (Fsp3) is 0.240. The minimum absolute atomic E-state index is 0.209. The molecular weight excluding hydrogens is 411 g/mol. The third-order valence-electron chi connectivity index (χ3n) is 4.98. The van der Waals surface area contributed by atoms with Crippen LogP contribution in [0, 0.1) is 5.82 Å². The zero-order chi connectivity index (χ0) is 22.2. The standard InChI is InChI=1S/C25H28ClFN4/c1-3-14-29-24-13-12-19(27)15-21(24)17(2)31-25(20-9-5-7-11-23(20)28)30-16-18-8-4-6-10-22(18)26/h4-13,15,17,29H,3,14,16,28H2,1-2H3,(H,30,31). The number of nitrogens with one attached hydrogen (secondary N) is 2. The molecule has 6 heteroatoms. The number of hydrogen-bond acceptors (Lipinski definition) is 3. The first-order valence-corrected chi connectivity index (χ1v) is 10.8. The third kappa shape index (κ3) is 5.98. The maximum absolute atomic E-state index is 14.0. The molecule has 0 bridgehead atoms. The summed E-state index contributed by atoms with van der Waals surface area (Å²) in [7, 11) is 0. The molecule has 162 valence electrons. The van der Waals surface area contributed by atoms with Gasteiger partial charge in [-0.15, -0.1) is 0 Å². The van der Waals surface area contributed by atoms with Crippen LogP contribution in [0.2, 0.25) is 5.02 Å². The highest BCUT2D eigenvalue weighted by molar-refractivity contribution is 6.31. The second kappa shape index (κ2) is 10.8. The number of amidine groups is 1. The van der Waals surface area contributed by atoms with E-state index >= 15 is 0 Å². The van der Waals surface area contributed by atoms with E-state index in [1.54, 1.807) is 12.1 Å². The molecule has 0 aromatic heterocycles. The van der Waals surface area contributed by atoms with Crippen LogP contribution < -0.4 is 16.4 Å². The summed E-state index contributed by atoms with van der Waals surface area (Å²) in [6.07, 6.45) is 0.976. The highest BCUT2D eigenvalue weighted by Gasteiger charge is 2.16. The van der Waals surface area contributed by atoms with Gasteiger partial charge in [0.15, 0.2) is 0 Å². The van der Waals surface area contributed by atoms with E-state index in [0.717, 1.165) is 35.3 Å². The van der Waals surface area contributed by atoms with Gasteiger partial charge in [-0.2, -0.15) is 0 Å². The maximum atomic E-state index is 14.0. The van der Waals surface area contributed by atoms with E-state index in [-0.39, 0.29) is 11.9 Å². The van der Waals surface area contributed by atoms with E-state index in [1.165, 1.54) is 6.07 Å². The van der Waals surface area contributed by atoms with Gasteiger partial charge in [0.05, 0.1) is 12.6 Å². The van der Waals surface area contributed by atoms with Crippen molar-refractivity contribution in [3.8, 4) is 0 Å². The molecule has 31 heavy (non-hydrogen) atoms. The molecule has 0 aliphatic rings. The Labute approximate surface area is 188 Å². The summed E-state index contributed by atoms with van der Waals surface area (Å²) in [5, 5.41) is 7.48. The molecule has 1 atom stereocenters. The Kier molecular flexibility index (Phi) is 7.90. The molecule has 0 amide bonds. The minimum atomic E-state index is -0.278. The van der Waals surface area contributed by atoms with E-state index in [0.29, 0.717) is 23.1 Å². The molecule has 0 saturated carbocycles. The second-order valence-corrected chi connectivity index (χ2v) is 7.78. The minimum Gasteiger partial charge on any atom is -0.398 e. The number of nitrogens with two attached hydrogens (primary N) is 1. The van der Waals surface area contributed by atoms with Crippen molar-refractivity contribution in [2.45, 2.75) is 32.9 Å². The molecule has 3 aromatic rings. The average molecular weight is 439 g/mol. The van der Waals surface area contributed by atoms with Gasteiger partial charge < -0.3 is 16.4 Å². The fourth-order valence-corrected chi connectivity index (χ4v) is 3.50. The maximum Gasteiger partial charge on any atom is 0.131 e. The number of rotatable bonds is 8. The molecule has 0 saturated heterocycles. The van der Waals surface area contributed by atoms with Gasteiger partial charge in [0.25, 0.3) is 0 Å². The predicted octanol–water partition coefficient (Wildman–Crippen LogP) is 6.18. The zero-order valence-electron chi connectivity index (χ0n) is 17.8. The van der Waals surface area contributed by atoms with Crippen molar-refractivity contribution >= 4 is 28.8 Å². The Morgan fingerprint density at radius 1 is 1.10 bits per heavy atom. The number of aliphatic imine (C=N–C) groups is 1. The number of benzene rings is 3. The summed E-state index contributed by atoms with van der Waals surface area (Å²) in [6.45, 7) is 5.28. The van der Waals surface area contributed by atoms with E-state index in [9.17, 15) is 4.39 Å². The molecule has 0 aliphatic heterocycles. The van der Waals surface area contributed by atoms with Crippen LogP contribution >= 0.6 is 11.6 Å². The molecule has 3 rings (SSSR count). The molecule has 0 spiro atoms. The number of anilines is 2. The summed E-state index contributed by atoms with van der Waals surface area (Å²) >= 11 is 6.31. The summed E-state index contributed by atoms with van der Waals surface area (Å²) in [4.78, 5) is 4.79. The van der Waals surface area contributed by atoms with Gasteiger partial charge in [-0.1, -0.05) is 48.9 Å². The molecule has 0 fully saturated rings. The van der Waals surface area contributed by atoms with Crippen molar-refractivity contribution in [3.05, 3.63) is 94.3 Å². The van der Waals surface area contributed by atoms with Gasteiger partial charge in [0.1, 0.15) is 11.7 Å². The van der Waals surface area contributed by atoms with Gasteiger partial charge in [-0.25, -0.2) is 4.39 Å². The van der Waals surface area contributed by atoms with Gasteiger partial charge in [-0.3, -0.25) is 4.99 Å². The first-order chi connectivity index (χ1) is 15.0. The normalized spacial score (nSPS) is 12.5. The van der Waals surface area contributed by atoms with Crippen molar-refractivity contribution < 1.29 is 4.39 Å². The predicted molar refractivity (Wildman–Crippen MR) is 129 cm³/mol. The number of nitrogens with zero attached hydrogens (tertiary/aromatic N) is 1. The van der Waals surface area contributed by atoms with Gasteiger partial charge in [0, 0.05) is 34.1 Å². The molecule has 4 N–H and O–H groups in total. The lowest BCUT2D eigenvalue weighted by Crippen LogP contribution is -2.29. The van der Waals surface area contributed by atoms with Crippen LogP contribution in [0.1, 0.15) is 43.0 Å². The Morgan fingerprint density at radius 2 is 1.84 bits per heavy atom. The summed E-state index contributed by atoms with van der Waals surface area (Å²) in [5.74, 6) is 0.357. The monoisotopic (exact) mass is 438 g/mol. The van der Waals surface area contributed by atoms with Crippen molar-refractivity contribution in [2.24, 2.45) is 4.99 Å². The largest absolute Gasteiger partial charge is 0.398 e. The highest BCUT2D eigenvalue weighted by atomic mass is 35.5. The molecule has 0 heterocycles. The van der Waals surface area contributed by atoms with E-state index in [1.807, 2.05) is 55.5 Å². The van der Waals surface area contributed by atoms with Crippen LogP contribution in [0.5, 0.6) is 0 Å². The Bertz CT molecular complexity index is 1050. The van der Waals surface area contributed by atoms with Crippen LogP contribution in [0.3, 0.4) is 0 Å². The smallest absolute Gasteiger partial charge is 0.131 e. The molecule has 3 aromatic carbocycles. The molecule has 1 unspecified atom stereocenters. The SMILES string of the molecule is CCCNc1ccc(F)cc1C(C)NC(=NCc1ccccc1Cl)c1ccccc1N. The van der Waals surface area contributed by atoms with Gasteiger partial charge >= 0.3 is 0 Å². The zero-order valence-corrected chi connectivity index (χ0v) is 18.6. The molecule has 4 nitrogen and oxygen atoms in total. The van der Waals surface area contributed by atoms with E-state index < -0.39 is 0 Å². The number of halogens is 2. The Hall–Kier alpha value is -3.05. The van der Waals surface area contributed by atoms with Crippen LogP contribution in [0.4, 0.5) is 15.8 Å². The van der Waals surface area contributed by atoms with Crippen LogP contribution in [-0.2, 0) is 6.54 Å². The summed E-state index contributed by atoms with van der Waals surface area (Å²) < 4.78 is 14.0. The highest BCUT2D eigenvalue weighted by Crippen LogP contribution is 2.25. The molecule has 0 aliphatic carbocycles. The molecule has 0 radical (unpaired) electrons. The number of nitrogen functional groups attached to an aromatic ring is 1. The van der Waals surface area contributed by atoms with Crippen molar-refractivity contribution in [2.75, 3.05) is 17.6 Å². The average Bonchev–Trinajstić information content (AvgIpc) is 2.77.